The molecule has 1 rings (SSSR count). The zero-order valence-corrected chi connectivity index (χ0v) is 13.0. The third-order valence-corrected chi connectivity index (χ3v) is 3.77. The molecule has 0 radical (unpaired) electrons. The fourth-order valence-electron chi connectivity index (χ4n) is 2.30. The molecule has 2 nitrogen and oxygen atoms in total. The summed E-state index contributed by atoms with van der Waals surface area (Å²) in [6.45, 7) is 5.85. The number of alkyl halides is 3. The Morgan fingerprint density at radius 2 is 1.86 bits per heavy atom. The number of halogens is 3. The highest BCUT2D eigenvalue weighted by Crippen LogP contribution is 2.41. The van der Waals surface area contributed by atoms with Crippen LogP contribution in [-0.2, 0) is 0 Å². The van der Waals surface area contributed by atoms with Crippen LogP contribution in [0.1, 0.15) is 44.4 Å². The Balaban J connectivity index is 2.74. The lowest BCUT2D eigenvalue weighted by molar-refractivity contribution is -0.216. The molecule has 1 aromatic carbocycles. The topological polar surface area (TPSA) is 32.3 Å². The van der Waals surface area contributed by atoms with Gasteiger partial charge in [0, 0.05) is 12.1 Å². The van der Waals surface area contributed by atoms with Crippen LogP contribution in [0.15, 0.2) is 24.3 Å². The maximum absolute atomic E-state index is 12.9. The van der Waals surface area contributed by atoms with Crippen molar-refractivity contribution in [3.05, 3.63) is 35.4 Å². The van der Waals surface area contributed by atoms with Crippen LogP contribution in [0.4, 0.5) is 13.2 Å². The summed E-state index contributed by atoms with van der Waals surface area (Å²) in [4.78, 5) is 0. The molecule has 0 aliphatic heterocycles. The summed E-state index contributed by atoms with van der Waals surface area (Å²) in [6.07, 6.45) is -4.45. The van der Waals surface area contributed by atoms with Gasteiger partial charge in [-0.25, -0.2) is 0 Å². The van der Waals surface area contributed by atoms with Crippen LogP contribution in [-0.4, -0.2) is 23.9 Å². The zero-order chi connectivity index (χ0) is 16.3. The standard InChI is InChI=1S/C16H24F3NO/c1-11-6-5-7-13(8-11)12(2)20-14(10-21)9-15(3,4)16(17,18)19/h5-8,12,14,20-21H,9-10H2,1-4H3/t12-,14-/m1/s1. The number of hydrogen-bond acceptors (Lipinski definition) is 2. The SMILES string of the molecule is Cc1cccc([C@@H](C)N[C@@H](CO)CC(C)(C)C(F)(F)F)c1. The van der Waals surface area contributed by atoms with Gasteiger partial charge in [0.25, 0.3) is 0 Å². The van der Waals surface area contributed by atoms with Crippen molar-refractivity contribution in [3.63, 3.8) is 0 Å². The van der Waals surface area contributed by atoms with Crippen molar-refractivity contribution in [2.75, 3.05) is 6.61 Å². The van der Waals surface area contributed by atoms with E-state index in [1.54, 1.807) is 0 Å². The highest BCUT2D eigenvalue weighted by molar-refractivity contribution is 5.24. The molecule has 1 aromatic rings. The molecule has 0 saturated carbocycles. The lowest BCUT2D eigenvalue weighted by atomic mass is 9.85. The van der Waals surface area contributed by atoms with E-state index in [0.29, 0.717) is 0 Å². The predicted molar refractivity (Wildman–Crippen MR) is 78.1 cm³/mol. The van der Waals surface area contributed by atoms with Gasteiger partial charge in [0.2, 0.25) is 0 Å². The normalized spacial score (nSPS) is 15.8. The van der Waals surface area contributed by atoms with E-state index < -0.39 is 17.6 Å². The molecular weight excluding hydrogens is 279 g/mol. The van der Waals surface area contributed by atoms with Gasteiger partial charge < -0.3 is 10.4 Å². The summed E-state index contributed by atoms with van der Waals surface area (Å²) in [5.41, 5.74) is 0.260. The summed E-state index contributed by atoms with van der Waals surface area (Å²) in [6, 6.07) is 7.07. The van der Waals surface area contributed by atoms with Crippen LogP contribution < -0.4 is 5.32 Å². The minimum Gasteiger partial charge on any atom is -0.395 e. The van der Waals surface area contributed by atoms with Gasteiger partial charge in [-0.2, -0.15) is 13.2 Å². The van der Waals surface area contributed by atoms with Gasteiger partial charge in [-0.05, 0) is 25.8 Å². The highest BCUT2D eigenvalue weighted by atomic mass is 19.4. The smallest absolute Gasteiger partial charge is 0.394 e. The van der Waals surface area contributed by atoms with Gasteiger partial charge in [0.05, 0.1) is 12.0 Å². The number of aliphatic hydroxyl groups excluding tert-OH is 1. The van der Waals surface area contributed by atoms with Crippen molar-refractivity contribution in [1.29, 1.82) is 0 Å². The van der Waals surface area contributed by atoms with E-state index in [1.165, 1.54) is 0 Å². The Labute approximate surface area is 124 Å². The Morgan fingerprint density at radius 1 is 1.24 bits per heavy atom. The second-order valence-corrected chi connectivity index (χ2v) is 6.27. The molecule has 2 atom stereocenters. The quantitative estimate of drug-likeness (QED) is 0.833. The van der Waals surface area contributed by atoms with Crippen molar-refractivity contribution >= 4 is 0 Å². The third kappa shape index (κ3) is 5.00. The predicted octanol–water partition coefficient (Wildman–Crippen LogP) is 3.99. The molecule has 0 unspecified atom stereocenters. The van der Waals surface area contributed by atoms with Gasteiger partial charge in [-0.15, -0.1) is 0 Å². The molecule has 0 bridgehead atoms. The van der Waals surface area contributed by atoms with Crippen LogP contribution in [0.3, 0.4) is 0 Å². The molecule has 5 heteroatoms. The third-order valence-electron chi connectivity index (χ3n) is 3.77. The molecular formula is C16H24F3NO. The molecule has 0 saturated heterocycles. The first kappa shape index (κ1) is 18.0. The number of aryl methyl sites for hydroxylation is 1. The maximum atomic E-state index is 12.9. The van der Waals surface area contributed by atoms with Gasteiger partial charge >= 0.3 is 6.18 Å². The largest absolute Gasteiger partial charge is 0.395 e. The fraction of sp³-hybridized carbons (Fsp3) is 0.625. The Kier molecular flexibility index (Phi) is 5.82. The summed E-state index contributed by atoms with van der Waals surface area (Å²) < 4.78 is 38.8. The van der Waals surface area contributed by atoms with Crippen molar-refractivity contribution in [2.45, 2.75) is 52.4 Å². The van der Waals surface area contributed by atoms with Crippen molar-refractivity contribution in [2.24, 2.45) is 5.41 Å². The Bertz CT molecular complexity index is 457. The Morgan fingerprint density at radius 3 is 2.33 bits per heavy atom. The second kappa shape index (κ2) is 6.79. The van der Waals surface area contributed by atoms with Gasteiger partial charge in [-0.3, -0.25) is 0 Å². The number of nitrogens with one attached hydrogen (secondary N) is 1. The molecule has 0 aliphatic rings. The molecule has 2 N–H and O–H groups in total. The van der Waals surface area contributed by atoms with Gasteiger partial charge in [0.15, 0.2) is 0 Å². The van der Waals surface area contributed by atoms with Gasteiger partial charge in [-0.1, -0.05) is 43.7 Å². The highest BCUT2D eigenvalue weighted by Gasteiger charge is 2.48. The van der Waals surface area contributed by atoms with E-state index in [9.17, 15) is 18.3 Å². The van der Waals surface area contributed by atoms with Crippen molar-refractivity contribution in [1.82, 2.24) is 5.32 Å². The zero-order valence-electron chi connectivity index (χ0n) is 13.0. The monoisotopic (exact) mass is 303 g/mol. The lowest BCUT2D eigenvalue weighted by Gasteiger charge is -2.33. The molecule has 0 spiro atoms. The van der Waals surface area contributed by atoms with E-state index in [-0.39, 0.29) is 19.1 Å². The van der Waals surface area contributed by atoms with E-state index in [2.05, 4.69) is 5.32 Å². The average molecular weight is 303 g/mol. The molecule has 0 fully saturated rings. The number of rotatable bonds is 6. The van der Waals surface area contributed by atoms with E-state index in [0.717, 1.165) is 25.0 Å². The van der Waals surface area contributed by atoms with Crippen LogP contribution in [0.5, 0.6) is 0 Å². The van der Waals surface area contributed by atoms with E-state index in [4.69, 9.17) is 0 Å². The van der Waals surface area contributed by atoms with E-state index in [1.807, 2.05) is 38.1 Å². The fourth-order valence-corrected chi connectivity index (χ4v) is 2.30. The van der Waals surface area contributed by atoms with Gasteiger partial charge in [0.1, 0.15) is 0 Å². The number of benzene rings is 1. The second-order valence-electron chi connectivity index (χ2n) is 6.27. The molecule has 0 aliphatic carbocycles. The molecule has 0 heterocycles. The summed E-state index contributed by atoms with van der Waals surface area (Å²) in [7, 11) is 0. The maximum Gasteiger partial charge on any atom is 0.394 e. The Hall–Kier alpha value is -1.07. The first-order chi connectivity index (χ1) is 9.56. The minimum absolute atomic E-state index is 0.119. The van der Waals surface area contributed by atoms with Crippen molar-refractivity contribution < 1.29 is 18.3 Å². The van der Waals surface area contributed by atoms with Crippen molar-refractivity contribution in [3.8, 4) is 0 Å². The minimum atomic E-state index is -4.28. The first-order valence-electron chi connectivity index (χ1n) is 7.07. The van der Waals surface area contributed by atoms with Crippen LogP contribution in [0.2, 0.25) is 0 Å². The summed E-state index contributed by atoms with van der Waals surface area (Å²) in [5.74, 6) is 0. The first-order valence-corrected chi connectivity index (χ1v) is 7.07. The molecule has 0 amide bonds. The van der Waals surface area contributed by atoms with Crippen LogP contribution in [0, 0.1) is 12.3 Å². The number of aliphatic hydroxyl groups is 1. The molecule has 0 aromatic heterocycles. The number of hydrogen-bond donors (Lipinski definition) is 2. The molecule has 21 heavy (non-hydrogen) atoms. The summed E-state index contributed by atoms with van der Waals surface area (Å²) >= 11 is 0. The van der Waals surface area contributed by atoms with Crippen LogP contribution in [0.25, 0.3) is 0 Å². The lowest BCUT2D eigenvalue weighted by Crippen LogP contribution is -2.43. The molecule has 120 valence electrons. The van der Waals surface area contributed by atoms with E-state index >= 15 is 0 Å². The average Bonchev–Trinajstić information content (AvgIpc) is 2.36. The summed E-state index contributed by atoms with van der Waals surface area (Å²) in [5, 5.41) is 12.5. The van der Waals surface area contributed by atoms with Crippen LogP contribution >= 0.6 is 0 Å².